The summed E-state index contributed by atoms with van der Waals surface area (Å²) in [7, 11) is -3.77. The fourth-order valence-corrected chi connectivity index (χ4v) is 4.24. The van der Waals surface area contributed by atoms with Gasteiger partial charge in [-0.3, -0.25) is 14.9 Å². The molecule has 0 saturated carbocycles. The van der Waals surface area contributed by atoms with Gasteiger partial charge >= 0.3 is 0 Å². The molecule has 1 aliphatic rings. The molecule has 3 rings (SSSR count). The number of nitrogens with zero attached hydrogens (tertiary/aromatic N) is 3. The molecular formula is C18H19N3O6S. The number of piperazine rings is 1. The number of rotatable bonds is 6. The van der Waals surface area contributed by atoms with E-state index in [9.17, 15) is 23.3 Å². The third-order valence-electron chi connectivity index (χ3n) is 4.38. The lowest BCUT2D eigenvalue weighted by molar-refractivity contribution is -0.384. The molecule has 0 spiro atoms. The fraction of sp³-hybridized carbons (Fsp3) is 0.278. The van der Waals surface area contributed by atoms with Crippen LogP contribution < -0.4 is 4.74 Å². The zero-order chi connectivity index (χ0) is 20.1. The van der Waals surface area contributed by atoms with Gasteiger partial charge < -0.3 is 9.64 Å². The molecule has 0 radical (unpaired) electrons. The molecule has 2 aromatic rings. The van der Waals surface area contributed by atoms with Gasteiger partial charge in [0.2, 0.25) is 10.0 Å². The molecule has 148 valence electrons. The second-order valence-electron chi connectivity index (χ2n) is 6.14. The highest BCUT2D eigenvalue weighted by Crippen LogP contribution is 2.21. The SMILES string of the molecule is O=C(COc1ccccc1)N1CCN(S(=O)(=O)c2ccc([N+](=O)[O-])cc2)CC1. The number of carbonyl (C=O) groups is 1. The van der Waals surface area contributed by atoms with Crippen LogP contribution in [0.2, 0.25) is 0 Å². The number of amides is 1. The smallest absolute Gasteiger partial charge is 0.269 e. The first-order valence-electron chi connectivity index (χ1n) is 8.58. The van der Waals surface area contributed by atoms with Crippen molar-refractivity contribution >= 4 is 21.6 Å². The molecule has 9 nitrogen and oxygen atoms in total. The van der Waals surface area contributed by atoms with Crippen LogP contribution in [0.5, 0.6) is 5.75 Å². The number of ether oxygens (including phenoxy) is 1. The number of benzene rings is 2. The average molecular weight is 405 g/mol. The number of nitro benzene ring substituents is 1. The Balaban J connectivity index is 1.56. The third-order valence-corrected chi connectivity index (χ3v) is 6.30. The monoisotopic (exact) mass is 405 g/mol. The maximum atomic E-state index is 12.7. The first-order chi connectivity index (χ1) is 13.4. The van der Waals surface area contributed by atoms with Crippen LogP contribution in [0.3, 0.4) is 0 Å². The maximum absolute atomic E-state index is 12.7. The summed E-state index contributed by atoms with van der Waals surface area (Å²) >= 11 is 0. The second-order valence-corrected chi connectivity index (χ2v) is 8.08. The number of para-hydroxylation sites is 1. The number of hydrogen-bond acceptors (Lipinski definition) is 6. The van der Waals surface area contributed by atoms with Gasteiger partial charge in [-0.25, -0.2) is 8.42 Å². The van der Waals surface area contributed by atoms with Crippen LogP contribution in [-0.4, -0.2) is 61.2 Å². The van der Waals surface area contributed by atoms with Crippen LogP contribution in [0.4, 0.5) is 5.69 Å². The summed E-state index contributed by atoms with van der Waals surface area (Å²) in [5.41, 5.74) is -0.173. The summed E-state index contributed by atoms with van der Waals surface area (Å²) in [6, 6.07) is 13.7. The van der Waals surface area contributed by atoms with E-state index in [0.29, 0.717) is 5.75 Å². The highest BCUT2D eigenvalue weighted by atomic mass is 32.2. The predicted octanol–water partition coefficient (Wildman–Crippen LogP) is 1.51. The predicted molar refractivity (Wildman–Crippen MR) is 100 cm³/mol. The van der Waals surface area contributed by atoms with Crippen molar-refractivity contribution in [1.29, 1.82) is 0 Å². The van der Waals surface area contributed by atoms with E-state index in [1.807, 2.05) is 18.2 Å². The van der Waals surface area contributed by atoms with Crippen LogP contribution >= 0.6 is 0 Å². The molecule has 1 fully saturated rings. The molecule has 1 amide bonds. The Morgan fingerprint density at radius 3 is 2.18 bits per heavy atom. The van der Waals surface area contributed by atoms with Gasteiger partial charge in [0.15, 0.2) is 6.61 Å². The lowest BCUT2D eigenvalue weighted by atomic mass is 10.3. The number of sulfonamides is 1. The van der Waals surface area contributed by atoms with Crippen molar-refractivity contribution in [2.75, 3.05) is 32.8 Å². The summed E-state index contributed by atoms with van der Waals surface area (Å²) in [4.78, 5) is 23.9. The molecular weight excluding hydrogens is 386 g/mol. The van der Waals surface area contributed by atoms with Crippen molar-refractivity contribution < 1.29 is 22.9 Å². The lowest BCUT2D eigenvalue weighted by Gasteiger charge is -2.33. The van der Waals surface area contributed by atoms with Crippen molar-refractivity contribution in [3.05, 3.63) is 64.7 Å². The van der Waals surface area contributed by atoms with Crippen molar-refractivity contribution in [3.63, 3.8) is 0 Å². The quantitative estimate of drug-likeness (QED) is 0.532. The minimum atomic E-state index is -3.77. The number of carbonyl (C=O) groups excluding carboxylic acids is 1. The number of hydrogen-bond donors (Lipinski definition) is 0. The molecule has 2 aromatic carbocycles. The largest absolute Gasteiger partial charge is 0.484 e. The van der Waals surface area contributed by atoms with Crippen LogP contribution in [0, 0.1) is 10.1 Å². The third kappa shape index (κ3) is 4.46. The van der Waals surface area contributed by atoms with Crippen LogP contribution in [-0.2, 0) is 14.8 Å². The Bertz CT molecular complexity index is 939. The van der Waals surface area contributed by atoms with Crippen LogP contribution in [0.1, 0.15) is 0 Å². The summed E-state index contributed by atoms with van der Waals surface area (Å²) in [6.07, 6.45) is 0. The summed E-state index contributed by atoms with van der Waals surface area (Å²) in [5.74, 6) is 0.381. The fourth-order valence-electron chi connectivity index (χ4n) is 2.82. The van der Waals surface area contributed by atoms with Crippen molar-refractivity contribution in [2.45, 2.75) is 4.90 Å². The van der Waals surface area contributed by atoms with Gasteiger partial charge in [0.25, 0.3) is 11.6 Å². The normalized spacial score (nSPS) is 15.2. The molecule has 1 aliphatic heterocycles. The Kier molecular flexibility index (Phi) is 5.90. The lowest BCUT2D eigenvalue weighted by Crippen LogP contribution is -2.51. The highest BCUT2D eigenvalue weighted by Gasteiger charge is 2.30. The van der Waals surface area contributed by atoms with Gasteiger partial charge in [-0.1, -0.05) is 18.2 Å². The zero-order valence-corrected chi connectivity index (χ0v) is 15.7. The molecule has 10 heteroatoms. The topological polar surface area (TPSA) is 110 Å². The molecule has 1 heterocycles. The van der Waals surface area contributed by atoms with Gasteiger partial charge in [0.05, 0.1) is 9.82 Å². The number of non-ortho nitro benzene ring substituents is 1. The molecule has 0 unspecified atom stereocenters. The molecule has 0 aliphatic carbocycles. The molecule has 1 saturated heterocycles. The zero-order valence-electron chi connectivity index (χ0n) is 14.9. The molecule has 0 bridgehead atoms. The van der Waals surface area contributed by atoms with Crippen molar-refractivity contribution in [1.82, 2.24) is 9.21 Å². The molecule has 28 heavy (non-hydrogen) atoms. The first kappa shape index (κ1) is 19.8. The van der Waals surface area contributed by atoms with Crippen molar-refractivity contribution in [3.8, 4) is 5.75 Å². The van der Waals surface area contributed by atoms with Gasteiger partial charge in [-0.2, -0.15) is 4.31 Å². The summed E-state index contributed by atoms with van der Waals surface area (Å²) in [6.45, 7) is 0.693. The molecule has 0 atom stereocenters. The van der Waals surface area contributed by atoms with E-state index < -0.39 is 14.9 Å². The Morgan fingerprint density at radius 2 is 1.61 bits per heavy atom. The van der Waals surface area contributed by atoms with E-state index in [1.165, 1.54) is 16.4 Å². The van der Waals surface area contributed by atoms with Crippen LogP contribution in [0.15, 0.2) is 59.5 Å². The Hall–Kier alpha value is -2.98. The van der Waals surface area contributed by atoms with Crippen molar-refractivity contribution in [2.24, 2.45) is 0 Å². The van der Waals surface area contributed by atoms with Crippen LogP contribution in [0.25, 0.3) is 0 Å². The average Bonchev–Trinajstić information content (AvgIpc) is 2.73. The van der Waals surface area contributed by atoms with E-state index in [0.717, 1.165) is 12.1 Å². The Morgan fingerprint density at radius 1 is 1.00 bits per heavy atom. The Labute approximate surface area is 162 Å². The summed E-state index contributed by atoms with van der Waals surface area (Å²) < 4.78 is 32.1. The van der Waals surface area contributed by atoms with E-state index in [1.54, 1.807) is 17.0 Å². The van der Waals surface area contributed by atoms with E-state index in [4.69, 9.17) is 4.74 Å². The minimum absolute atomic E-state index is 0.00899. The second kappa shape index (κ2) is 8.36. The first-order valence-corrected chi connectivity index (χ1v) is 10.0. The van der Waals surface area contributed by atoms with Gasteiger partial charge in [-0.15, -0.1) is 0 Å². The van der Waals surface area contributed by atoms with E-state index in [2.05, 4.69) is 0 Å². The van der Waals surface area contributed by atoms with E-state index >= 15 is 0 Å². The van der Waals surface area contributed by atoms with E-state index in [-0.39, 0.29) is 49.3 Å². The molecule has 0 aromatic heterocycles. The highest BCUT2D eigenvalue weighted by molar-refractivity contribution is 7.89. The minimum Gasteiger partial charge on any atom is -0.484 e. The number of nitro groups is 1. The molecule has 0 N–H and O–H groups in total. The van der Waals surface area contributed by atoms with Gasteiger partial charge in [-0.05, 0) is 24.3 Å². The summed E-state index contributed by atoms with van der Waals surface area (Å²) in [5, 5.41) is 10.7. The van der Waals surface area contributed by atoms with Gasteiger partial charge in [0, 0.05) is 38.3 Å². The standard InChI is InChI=1S/C18H19N3O6S/c22-18(14-27-16-4-2-1-3-5-16)19-10-12-20(13-11-19)28(25,26)17-8-6-15(7-9-17)21(23)24/h1-9H,10-14H2. The maximum Gasteiger partial charge on any atom is 0.269 e. The van der Waals surface area contributed by atoms with Gasteiger partial charge in [0.1, 0.15) is 5.75 Å².